The average Bonchev–Trinajstić information content (AvgIpc) is 2.27. The minimum Gasteiger partial charge on any atom is -0.207 e. The van der Waals surface area contributed by atoms with Crippen LogP contribution in [0.25, 0.3) is 11.1 Å². The number of benzene rings is 2. The maximum atomic E-state index is 13.6. The van der Waals surface area contributed by atoms with Gasteiger partial charge in [0.2, 0.25) is 0 Å². The van der Waals surface area contributed by atoms with Crippen LogP contribution in [0.1, 0.15) is 11.1 Å². The van der Waals surface area contributed by atoms with Crippen LogP contribution < -0.4 is 0 Å². The van der Waals surface area contributed by atoms with Gasteiger partial charge in [0.25, 0.3) is 0 Å². The van der Waals surface area contributed by atoms with E-state index < -0.39 is 17.5 Å². The molecule has 0 heterocycles. The molecule has 0 N–H and O–H groups in total. The number of rotatable bonds is 1. The molecule has 0 radical (unpaired) electrons. The van der Waals surface area contributed by atoms with Crippen molar-refractivity contribution in [3.05, 3.63) is 58.9 Å². The SMILES string of the molecule is Cc1ccc(F)c(-c2cc(C)c(F)cc2F)c1. The van der Waals surface area contributed by atoms with Gasteiger partial charge in [-0.15, -0.1) is 0 Å². The number of hydrogen-bond donors (Lipinski definition) is 0. The Hall–Kier alpha value is -1.77. The molecule has 2 aromatic carbocycles. The first-order chi connectivity index (χ1) is 7.99. The summed E-state index contributed by atoms with van der Waals surface area (Å²) in [6.45, 7) is 3.31. The van der Waals surface area contributed by atoms with Crippen molar-refractivity contribution in [1.29, 1.82) is 0 Å². The molecule has 2 rings (SSSR count). The van der Waals surface area contributed by atoms with Crippen molar-refractivity contribution in [2.75, 3.05) is 0 Å². The quantitative estimate of drug-likeness (QED) is 0.689. The van der Waals surface area contributed by atoms with E-state index in [1.807, 2.05) is 0 Å². The lowest BCUT2D eigenvalue weighted by atomic mass is 10.0. The van der Waals surface area contributed by atoms with Crippen molar-refractivity contribution in [3.63, 3.8) is 0 Å². The van der Waals surface area contributed by atoms with Gasteiger partial charge in [-0.05, 0) is 37.6 Å². The Morgan fingerprint density at radius 3 is 2.06 bits per heavy atom. The van der Waals surface area contributed by atoms with Gasteiger partial charge < -0.3 is 0 Å². The maximum Gasteiger partial charge on any atom is 0.134 e. The first-order valence-corrected chi connectivity index (χ1v) is 5.21. The molecule has 0 spiro atoms. The lowest BCUT2D eigenvalue weighted by Crippen LogP contribution is -1.93. The summed E-state index contributed by atoms with van der Waals surface area (Å²) in [7, 11) is 0. The van der Waals surface area contributed by atoms with Crippen LogP contribution in [-0.4, -0.2) is 0 Å². The van der Waals surface area contributed by atoms with Crippen LogP contribution in [0.4, 0.5) is 13.2 Å². The molecule has 0 aliphatic carbocycles. The maximum absolute atomic E-state index is 13.6. The van der Waals surface area contributed by atoms with E-state index >= 15 is 0 Å². The minimum absolute atomic E-state index is 0.0881. The summed E-state index contributed by atoms with van der Waals surface area (Å²) >= 11 is 0. The van der Waals surface area contributed by atoms with Crippen LogP contribution in [0.15, 0.2) is 30.3 Å². The van der Waals surface area contributed by atoms with Crippen LogP contribution in [-0.2, 0) is 0 Å². The first-order valence-electron chi connectivity index (χ1n) is 5.21. The van der Waals surface area contributed by atoms with Gasteiger partial charge in [0.05, 0.1) is 0 Å². The van der Waals surface area contributed by atoms with E-state index in [4.69, 9.17) is 0 Å². The van der Waals surface area contributed by atoms with Crippen molar-refractivity contribution in [2.24, 2.45) is 0 Å². The van der Waals surface area contributed by atoms with Gasteiger partial charge in [0.15, 0.2) is 0 Å². The Morgan fingerprint density at radius 1 is 0.706 bits per heavy atom. The van der Waals surface area contributed by atoms with Gasteiger partial charge >= 0.3 is 0 Å². The molecule has 17 heavy (non-hydrogen) atoms. The zero-order chi connectivity index (χ0) is 12.6. The number of hydrogen-bond acceptors (Lipinski definition) is 0. The Bertz CT molecular complexity index is 574. The van der Waals surface area contributed by atoms with E-state index in [2.05, 4.69) is 0 Å². The van der Waals surface area contributed by atoms with E-state index in [0.29, 0.717) is 5.56 Å². The summed E-state index contributed by atoms with van der Waals surface area (Å²) in [5.41, 5.74) is 1.36. The smallest absolute Gasteiger partial charge is 0.134 e. The molecule has 0 amide bonds. The van der Waals surface area contributed by atoms with Crippen molar-refractivity contribution in [2.45, 2.75) is 13.8 Å². The van der Waals surface area contributed by atoms with Crippen molar-refractivity contribution >= 4 is 0 Å². The summed E-state index contributed by atoms with van der Waals surface area (Å²) in [5, 5.41) is 0. The summed E-state index contributed by atoms with van der Waals surface area (Å²) in [6.07, 6.45) is 0. The predicted molar refractivity (Wildman–Crippen MR) is 61.2 cm³/mol. The monoisotopic (exact) mass is 236 g/mol. The standard InChI is InChI=1S/C14H11F3/c1-8-3-4-12(15)10(5-8)11-6-9(2)13(16)7-14(11)17/h3-7H,1-2H3. The molecule has 0 fully saturated rings. The third-order valence-corrected chi connectivity index (χ3v) is 2.66. The molecule has 3 heteroatoms. The third kappa shape index (κ3) is 2.18. The molecule has 0 saturated carbocycles. The molecule has 0 unspecified atom stereocenters. The van der Waals surface area contributed by atoms with E-state index in [0.717, 1.165) is 11.6 Å². The fraction of sp³-hybridized carbons (Fsp3) is 0.143. The molecule has 0 aliphatic heterocycles. The van der Waals surface area contributed by atoms with Crippen molar-refractivity contribution in [1.82, 2.24) is 0 Å². The summed E-state index contributed by atoms with van der Waals surface area (Å²) in [6, 6.07) is 6.54. The molecule has 0 bridgehead atoms. The van der Waals surface area contributed by atoms with Crippen LogP contribution in [0.5, 0.6) is 0 Å². The van der Waals surface area contributed by atoms with Gasteiger partial charge in [-0.1, -0.05) is 11.6 Å². The van der Waals surface area contributed by atoms with Gasteiger partial charge in [0, 0.05) is 17.2 Å². The highest BCUT2D eigenvalue weighted by molar-refractivity contribution is 5.66. The lowest BCUT2D eigenvalue weighted by Gasteiger charge is -2.08. The van der Waals surface area contributed by atoms with E-state index in [1.165, 1.54) is 19.1 Å². The largest absolute Gasteiger partial charge is 0.207 e. The highest BCUT2D eigenvalue weighted by Crippen LogP contribution is 2.28. The average molecular weight is 236 g/mol. The van der Waals surface area contributed by atoms with Crippen LogP contribution in [0.3, 0.4) is 0 Å². The summed E-state index contributed by atoms with van der Waals surface area (Å²) in [4.78, 5) is 0. The Labute approximate surface area is 97.7 Å². The predicted octanol–water partition coefficient (Wildman–Crippen LogP) is 4.39. The molecule has 0 aliphatic rings. The fourth-order valence-corrected chi connectivity index (χ4v) is 1.71. The topological polar surface area (TPSA) is 0 Å². The highest BCUT2D eigenvalue weighted by Gasteiger charge is 2.12. The van der Waals surface area contributed by atoms with E-state index in [-0.39, 0.29) is 11.1 Å². The number of halogens is 3. The fourth-order valence-electron chi connectivity index (χ4n) is 1.71. The van der Waals surface area contributed by atoms with Crippen molar-refractivity contribution in [3.8, 4) is 11.1 Å². The van der Waals surface area contributed by atoms with Gasteiger partial charge in [-0.3, -0.25) is 0 Å². The highest BCUT2D eigenvalue weighted by atomic mass is 19.1. The first kappa shape index (κ1) is 11.7. The molecule has 0 nitrogen and oxygen atoms in total. The second-order valence-corrected chi connectivity index (χ2v) is 4.06. The lowest BCUT2D eigenvalue weighted by molar-refractivity contribution is 0.577. The Kier molecular flexibility index (Phi) is 2.92. The van der Waals surface area contributed by atoms with Gasteiger partial charge in [-0.2, -0.15) is 0 Å². The second kappa shape index (κ2) is 4.24. The summed E-state index contributed by atoms with van der Waals surface area (Å²) in [5.74, 6) is -1.89. The number of aryl methyl sites for hydroxylation is 2. The molecular weight excluding hydrogens is 225 g/mol. The summed E-state index contributed by atoms with van der Waals surface area (Å²) < 4.78 is 40.3. The molecule has 0 aromatic heterocycles. The van der Waals surface area contributed by atoms with Gasteiger partial charge in [0.1, 0.15) is 17.5 Å². The van der Waals surface area contributed by atoms with Crippen LogP contribution >= 0.6 is 0 Å². The van der Waals surface area contributed by atoms with E-state index in [9.17, 15) is 13.2 Å². The van der Waals surface area contributed by atoms with Crippen LogP contribution in [0, 0.1) is 31.3 Å². The van der Waals surface area contributed by atoms with Crippen molar-refractivity contribution < 1.29 is 13.2 Å². The minimum atomic E-state index is -0.752. The third-order valence-electron chi connectivity index (χ3n) is 2.66. The Morgan fingerprint density at radius 2 is 1.35 bits per heavy atom. The molecule has 88 valence electrons. The molecule has 2 aromatic rings. The molecular formula is C14H11F3. The zero-order valence-electron chi connectivity index (χ0n) is 9.52. The molecule has 0 atom stereocenters. The zero-order valence-corrected chi connectivity index (χ0v) is 9.52. The normalized spacial score (nSPS) is 10.6. The van der Waals surface area contributed by atoms with E-state index in [1.54, 1.807) is 19.1 Å². The Balaban J connectivity index is 2.68. The second-order valence-electron chi connectivity index (χ2n) is 4.06. The van der Waals surface area contributed by atoms with Gasteiger partial charge in [-0.25, -0.2) is 13.2 Å². The molecule has 0 saturated heterocycles. The van der Waals surface area contributed by atoms with Crippen LogP contribution in [0.2, 0.25) is 0 Å².